The van der Waals surface area contributed by atoms with Gasteiger partial charge in [0, 0.05) is 12.1 Å². The predicted octanol–water partition coefficient (Wildman–Crippen LogP) is 2.72. The van der Waals surface area contributed by atoms with Crippen LogP contribution in [0.2, 0.25) is 0 Å². The van der Waals surface area contributed by atoms with Crippen LogP contribution < -0.4 is 15.2 Å². The maximum atomic E-state index is 5.70. The molecule has 4 heteroatoms. The summed E-state index contributed by atoms with van der Waals surface area (Å²) in [6, 6.07) is 9.42. The summed E-state index contributed by atoms with van der Waals surface area (Å²) in [5.41, 5.74) is 6.56. The molecule has 0 amide bonds. The summed E-state index contributed by atoms with van der Waals surface area (Å²) in [4.78, 5) is 0. The average molecular weight is 247 g/mol. The second kappa shape index (κ2) is 6.12. The monoisotopic (exact) mass is 247 g/mol. The predicted molar refractivity (Wildman–Crippen MR) is 68.5 cm³/mol. The van der Waals surface area contributed by atoms with E-state index >= 15 is 0 Å². The first-order valence-corrected chi connectivity index (χ1v) is 5.95. The van der Waals surface area contributed by atoms with Crippen LogP contribution in [-0.2, 0) is 13.2 Å². The zero-order valence-electron chi connectivity index (χ0n) is 10.4. The van der Waals surface area contributed by atoms with Gasteiger partial charge in [0.2, 0.25) is 0 Å². The lowest BCUT2D eigenvalue weighted by molar-refractivity contribution is 0.246. The minimum Gasteiger partial charge on any atom is -0.490 e. The Bertz CT molecular complexity index is 493. The molecule has 1 aromatic carbocycles. The summed E-state index contributed by atoms with van der Waals surface area (Å²) in [5, 5.41) is 0. The number of furan rings is 1. The Morgan fingerprint density at radius 2 is 1.83 bits per heavy atom. The summed E-state index contributed by atoms with van der Waals surface area (Å²) in [7, 11) is 0. The van der Waals surface area contributed by atoms with Crippen molar-refractivity contribution in [1.82, 2.24) is 0 Å². The van der Waals surface area contributed by atoms with E-state index < -0.39 is 0 Å². The molecule has 0 radical (unpaired) electrons. The smallest absolute Gasteiger partial charge is 0.161 e. The highest BCUT2D eigenvalue weighted by atomic mass is 16.5. The lowest BCUT2D eigenvalue weighted by Crippen LogP contribution is -2.03. The van der Waals surface area contributed by atoms with Crippen LogP contribution in [-0.4, -0.2) is 6.61 Å². The number of ether oxygens (including phenoxy) is 2. The van der Waals surface area contributed by atoms with Crippen LogP contribution in [0.1, 0.15) is 18.2 Å². The third kappa shape index (κ3) is 2.84. The Kier molecular flexibility index (Phi) is 4.25. The fourth-order valence-corrected chi connectivity index (χ4v) is 1.66. The number of nitrogens with two attached hydrogens (primary N) is 1. The van der Waals surface area contributed by atoms with E-state index in [1.165, 1.54) is 0 Å². The number of rotatable bonds is 6. The first-order valence-electron chi connectivity index (χ1n) is 5.95. The van der Waals surface area contributed by atoms with Crippen LogP contribution in [0, 0.1) is 0 Å². The number of para-hydroxylation sites is 2. The van der Waals surface area contributed by atoms with E-state index in [0.717, 1.165) is 17.1 Å². The number of benzene rings is 1. The molecule has 18 heavy (non-hydrogen) atoms. The van der Waals surface area contributed by atoms with Gasteiger partial charge in [0.1, 0.15) is 12.4 Å². The van der Waals surface area contributed by atoms with E-state index in [9.17, 15) is 0 Å². The Hall–Kier alpha value is -1.94. The Morgan fingerprint density at radius 3 is 2.50 bits per heavy atom. The highest BCUT2D eigenvalue weighted by molar-refractivity contribution is 5.39. The van der Waals surface area contributed by atoms with Gasteiger partial charge in [-0.25, -0.2) is 0 Å². The Labute approximate surface area is 106 Å². The second-order valence-electron chi connectivity index (χ2n) is 3.74. The van der Waals surface area contributed by atoms with Gasteiger partial charge in [-0.2, -0.15) is 0 Å². The van der Waals surface area contributed by atoms with E-state index in [1.54, 1.807) is 6.26 Å². The summed E-state index contributed by atoms with van der Waals surface area (Å²) < 4.78 is 16.5. The van der Waals surface area contributed by atoms with Gasteiger partial charge in [-0.1, -0.05) is 12.1 Å². The summed E-state index contributed by atoms with van der Waals surface area (Å²) in [6.45, 7) is 3.34. The molecule has 0 aliphatic rings. The third-order valence-electron chi connectivity index (χ3n) is 2.57. The van der Waals surface area contributed by atoms with Gasteiger partial charge in [0.25, 0.3) is 0 Å². The molecule has 1 aromatic heterocycles. The molecule has 96 valence electrons. The molecule has 0 aliphatic heterocycles. The second-order valence-corrected chi connectivity index (χ2v) is 3.74. The van der Waals surface area contributed by atoms with Crippen molar-refractivity contribution < 1.29 is 13.9 Å². The Balaban J connectivity index is 2.06. The zero-order chi connectivity index (χ0) is 12.8. The standard InChI is InChI=1S/C14H17NO3/c1-2-16-12-5-3-4-6-13(12)18-10-14-11(9-15)7-8-17-14/h3-8H,2,9-10,15H2,1H3. The molecule has 0 aliphatic carbocycles. The molecule has 0 unspecified atom stereocenters. The molecular formula is C14H17NO3. The molecule has 1 heterocycles. The SMILES string of the molecule is CCOc1ccccc1OCc1occc1CN. The van der Waals surface area contributed by atoms with E-state index in [0.29, 0.717) is 25.5 Å². The zero-order valence-corrected chi connectivity index (χ0v) is 10.4. The van der Waals surface area contributed by atoms with Crippen molar-refractivity contribution in [1.29, 1.82) is 0 Å². The summed E-state index contributed by atoms with van der Waals surface area (Å²) >= 11 is 0. The number of hydrogen-bond acceptors (Lipinski definition) is 4. The van der Waals surface area contributed by atoms with Gasteiger partial charge in [-0.15, -0.1) is 0 Å². The molecule has 2 aromatic rings. The largest absolute Gasteiger partial charge is 0.490 e. The molecule has 2 N–H and O–H groups in total. The van der Waals surface area contributed by atoms with Crippen molar-refractivity contribution in [2.75, 3.05) is 6.61 Å². The molecule has 2 rings (SSSR count). The third-order valence-corrected chi connectivity index (χ3v) is 2.57. The molecule has 4 nitrogen and oxygen atoms in total. The topological polar surface area (TPSA) is 57.6 Å². The van der Waals surface area contributed by atoms with Gasteiger partial charge >= 0.3 is 0 Å². The summed E-state index contributed by atoms with van der Waals surface area (Å²) in [6.07, 6.45) is 1.62. The van der Waals surface area contributed by atoms with E-state index in [1.807, 2.05) is 37.3 Å². The highest BCUT2D eigenvalue weighted by Crippen LogP contribution is 2.27. The van der Waals surface area contributed by atoms with Crippen LogP contribution in [0.4, 0.5) is 0 Å². The fraction of sp³-hybridized carbons (Fsp3) is 0.286. The van der Waals surface area contributed by atoms with Gasteiger partial charge < -0.3 is 19.6 Å². The first kappa shape index (κ1) is 12.5. The van der Waals surface area contributed by atoms with Crippen molar-refractivity contribution in [2.45, 2.75) is 20.1 Å². The van der Waals surface area contributed by atoms with Gasteiger partial charge in [0.05, 0.1) is 12.9 Å². The molecule has 0 spiro atoms. The van der Waals surface area contributed by atoms with Gasteiger partial charge in [0.15, 0.2) is 11.5 Å². The molecule has 0 saturated heterocycles. The van der Waals surface area contributed by atoms with Crippen molar-refractivity contribution in [3.05, 3.63) is 47.9 Å². The van der Waals surface area contributed by atoms with Crippen molar-refractivity contribution in [3.63, 3.8) is 0 Å². The van der Waals surface area contributed by atoms with Crippen LogP contribution in [0.25, 0.3) is 0 Å². The van der Waals surface area contributed by atoms with Gasteiger partial charge in [-0.3, -0.25) is 0 Å². The lowest BCUT2D eigenvalue weighted by Gasteiger charge is -2.11. The average Bonchev–Trinajstić information content (AvgIpc) is 2.85. The quantitative estimate of drug-likeness (QED) is 0.852. The molecule has 0 fully saturated rings. The highest BCUT2D eigenvalue weighted by Gasteiger charge is 2.08. The maximum Gasteiger partial charge on any atom is 0.161 e. The molecule has 0 bridgehead atoms. The fourth-order valence-electron chi connectivity index (χ4n) is 1.66. The van der Waals surface area contributed by atoms with Crippen LogP contribution in [0.3, 0.4) is 0 Å². The lowest BCUT2D eigenvalue weighted by atomic mass is 10.2. The molecular weight excluding hydrogens is 230 g/mol. The summed E-state index contributed by atoms with van der Waals surface area (Å²) in [5.74, 6) is 2.20. The normalized spacial score (nSPS) is 10.3. The number of hydrogen-bond donors (Lipinski definition) is 1. The van der Waals surface area contributed by atoms with E-state index in [-0.39, 0.29) is 0 Å². The van der Waals surface area contributed by atoms with Gasteiger partial charge in [-0.05, 0) is 25.1 Å². The molecule has 0 atom stereocenters. The first-order chi connectivity index (χ1) is 8.85. The van der Waals surface area contributed by atoms with Crippen molar-refractivity contribution >= 4 is 0 Å². The van der Waals surface area contributed by atoms with E-state index in [2.05, 4.69) is 0 Å². The molecule has 0 saturated carbocycles. The minimum atomic E-state index is 0.351. The maximum absolute atomic E-state index is 5.70. The van der Waals surface area contributed by atoms with Crippen LogP contribution in [0.5, 0.6) is 11.5 Å². The minimum absolute atomic E-state index is 0.351. The van der Waals surface area contributed by atoms with Crippen molar-refractivity contribution in [2.24, 2.45) is 5.73 Å². The van der Waals surface area contributed by atoms with Crippen molar-refractivity contribution in [3.8, 4) is 11.5 Å². The van der Waals surface area contributed by atoms with Crippen LogP contribution >= 0.6 is 0 Å². The Morgan fingerprint density at radius 1 is 1.11 bits per heavy atom. The van der Waals surface area contributed by atoms with E-state index in [4.69, 9.17) is 19.6 Å². The van der Waals surface area contributed by atoms with Crippen LogP contribution in [0.15, 0.2) is 41.0 Å².